The van der Waals surface area contributed by atoms with E-state index in [1.807, 2.05) is 30.3 Å². The smallest absolute Gasteiger partial charge is 0.328 e. The van der Waals surface area contributed by atoms with Gasteiger partial charge in [0, 0.05) is 6.04 Å². The fourth-order valence-corrected chi connectivity index (χ4v) is 8.05. The molecule has 4 fully saturated rings. The Morgan fingerprint density at radius 2 is 1.13 bits per heavy atom. The lowest BCUT2D eigenvalue weighted by Gasteiger charge is -2.40. The van der Waals surface area contributed by atoms with E-state index in [4.69, 9.17) is 9.47 Å². The number of hydrogen-bond donors (Lipinski definition) is 0. The summed E-state index contributed by atoms with van der Waals surface area (Å²) in [5, 5.41) is 0. The highest BCUT2D eigenvalue weighted by Gasteiger charge is 2.85. The van der Waals surface area contributed by atoms with Crippen LogP contribution >= 0.6 is 0 Å². The third kappa shape index (κ3) is 3.81. The normalized spacial score (nSPS) is 30.1. The molecule has 11 heteroatoms. The quantitative estimate of drug-likeness (QED) is 0.302. The van der Waals surface area contributed by atoms with Crippen molar-refractivity contribution in [2.24, 2.45) is 23.7 Å². The first-order chi connectivity index (χ1) is 22.3. The molecule has 0 spiro atoms. The first-order valence-electron chi connectivity index (χ1n) is 14.8. The van der Waals surface area contributed by atoms with E-state index < -0.39 is 76.9 Å². The number of para-hydroxylation sites is 2. The number of esters is 2. The van der Waals surface area contributed by atoms with Gasteiger partial charge in [-0.25, -0.2) is 14.6 Å². The van der Waals surface area contributed by atoms with Crippen LogP contribution in [0.5, 0.6) is 0 Å². The summed E-state index contributed by atoms with van der Waals surface area (Å²) in [4.78, 5) is 89.2. The molecule has 4 aliphatic rings. The van der Waals surface area contributed by atoms with Crippen molar-refractivity contribution in [3.63, 3.8) is 0 Å². The number of anilines is 2. The highest BCUT2D eigenvalue weighted by atomic mass is 16.5. The van der Waals surface area contributed by atoms with Crippen molar-refractivity contribution in [3.05, 3.63) is 103 Å². The zero-order chi connectivity index (χ0) is 32.3. The molecule has 4 saturated heterocycles. The van der Waals surface area contributed by atoms with Crippen LogP contribution in [-0.2, 0) is 38.2 Å². The average molecular weight is 620 g/mol. The fraction of sp³-hybridized carbons (Fsp3) is 0.257. The van der Waals surface area contributed by atoms with Crippen LogP contribution in [0.25, 0.3) is 6.08 Å². The molecule has 0 radical (unpaired) electrons. The number of carbonyl (C=O) groups is 6. The van der Waals surface area contributed by atoms with E-state index in [1.54, 1.807) is 72.8 Å². The number of methoxy groups -OCH3 is 2. The number of nitrogens with zero attached hydrogens (tertiary/aromatic N) is 3. The number of imide groups is 2. The molecule has 0 saturated carbocycles. The van der Waals surface area contributed by atoms with Crippen LogP contribution in [-0.4, -0.2) is 72.3 Å². The van der Waals surface area contributed by atoms with Crippen molar-refractivity contribution in [2.75, 3.05) is 24.0 Å². The number of rotatable bonds is 6. The van der Waals surface area contributed by atoms with Crippen LogP contribution in [0.1, 0.15) is 5.56 Å². The largest absolute Gasteiger partial charge is 0.468 e. The minimum atomic E-state index is -2.19. The van der Waals surface area contributed by atoms with Gasteiger partial charge in [-0.3, -0.25) is 28.9 Å². The van der Waals surface area contributed by atoms with Gasteiger partial charge in [-0.2, -0.15) is 0 Å². The van der Waals surface area contributed by atoms with Gasteiger partial charge in [0.1, 0.15) is 11.6 Å². The zero-order valence-electron chi connectivity index (χ0n) is 24.9. The Hall–Kier alpha value is -5.42. The standard InChI is InChI=1S/C35H29N3O8/c1-45-33(43)28-25-27(32(42)37(30(25)40)22-16-10-5-11-17-22)35(34(44)46-2)26-24(23(38(28)35)19-18-20-12-6-3-7-13-20)29(39)36(31(26)41)21-14-8-4-9-15-21/h3-19,23-28H,1-2H3/b19-18+/t23-,24+,25-,26-,27-,28+,35-/m0/s1. The van der Waals surface area contributed by atoms with Crippen molar-refractivity contribution in [1.82, 2.24) is 4.90 Å². The average Bonchev–Trinajstić information content (AvgIpc) is 3.73. The lowest BCUT2D eigenvalue weighted by molar-refractivity contribution is -0.164. The van der Waals surface area contributed by atoms with Crippen LogP contribution in [0.2, 0.25) is 0 Å². The summed E-state index contributed by atoms with van der Waals surface area (Å²) in [6.45, 7) is 0. The van der Waals surface area contributed by atoms with Gasteiger partial charge < -0.3 is 9.47 Å². The van der Waals surface area contributed by atoms with Crippen molar-refractivity contribution in [3.8, 4) is 0 Å². The third-order valence-corrected chi connectivity index (χ3v) is 9.68. The van der Waals surface area contributed by atoms with Crippen LogP contribution in [0, 0.1) is 23.7 Å². The van der Waals surface area contributed by atoms with Crippen molar-refractivity contribution >= 4 is 53.0 Å². The molecule has 0 bridgehead atoms. The van der Waals surface area contributed by atoms with Gasteiger partial charge in [-0.05, 0) is 29.8 Å². The summed E-state index contributed by atoms with van der Waals surface area (Å²) in [5.74, 6) is -10.3. The molecule has 0 aromatic heterocycles. The number of amides is 4. The molecule has 232 valence electrons. The molecule has 4 aliphatic heterocycles. The van der Waals surface area contributed by atoms with E-state index in [-0.39, 0.29) is 5.69 Å². The summed E-state index contributed by atoms with van der Waals surface area (Å²) in [6, 6.07) is 23.0. The van der Waals surface area contributed by atoms with Crippen molar-refractivity contribution in [1.29, 1.82) is 0 Å². The Bertz CT molecular complexity index is 1800. The van der Waals surface area contributed by atoms with Gasteiger partial charge in [0.05, 0.1) is 49.3 Å². The second-order valence-corrected chi connectivity index (χ2v) is 11.7. The Kier molecular flexibility index (Phi) is 6.93. The number of hydrogen-bond acceptors (Lipinski definition) is 9. The lowest BCUT2D eigenvalue weighted by Crippen LogP contribution is -2.63. The van der Waals surface area contributed by atoms with Crippen LogP contribution in [0.4, 0.5) is 11.4 Å². The maximum absolute atomic E-state index is 14.6. The molecular weight excluding hydrogens is 590 g/mol. The van der Waals surface area contributed by atoms with E-state index in [2.05, 4.69) is 0 Å². The molecule has 3 aromatic rings. The fourth-order valence-electron chi connectivity index (χ4n) is 8.05. The number of ether oxygens (including phenoxy) is 2. The molecule has 0 N–H and O–H groups in total. The molecule has 7 atom stereocenters. The topological polar surface area (TPSA) is 131 Å². The minimum absolute atomic E-state index is 0.247. The summed E-state index contributed by atoms with van der Waals surface area (Å²) in [5.41, 5.74) is -0.899. The van der Waals surface area contributed by atoms with E-state index in [1.165, 1.54) is 4.90 Å². The number of carbonyl (C=O) groups excluding carboxylic acids is 6. The van der Waals surface area contributed by atoms with Gasteiger partial charge in [0.15, 0.2) is 0 Å². The predicted octanol–water partition coefficient (Wildman–Crippen LogP) is 2.46. The molecule has 0 unspecified atom stereocenters. The van der Waals surface area contributed by atoms with E-state index in [9.17, 15) is 28.8 Å². The molecule has 4 amide bonds. The first-order valence-corrected chi connectivity index (χ1v) is 14.8. The highest BCUT2D eigenvalue weighted by molar-refractivity contribution is 6.29. The monoisotopic (exact) mass is 619 g/mol. The molecule has 11 nitrogen and oxygen atoms in total. The molecule has 4 heterocycles. The second kappa shape index (κ2) is 10.9. The maximum atomic E-state index is 14.6. The van der Waals surface area contributed by atoms with E-state index in [0.717, 1.165) is 29.6 Å². The van der Waals surface area contributed by atoms with Gasteiger partial charge in [0.2, 0.25) is 23.6 Å². The molecule has 3 aromatic carbocycles. The summed E-state index contributed by atoms with van der Waals surface area (Å²) in [6.07, 6.45) is 3.37. The van der Waals surface area contributed by atoms with Crippen LogP contribution < -0.4 is 9.80 Å². The molecule has 7 rings (SSSR count). The van der Waals surface area contributed by atoms with Crippen LogP contribution in [0.15, 0.2) is 97.1 Å². The van der Waals surface area contributed by atoms with Gasteiger partial charge >= 0.3 is 11.9 Å². The highest BCUT2D eigenvalue weighted by Crippen LogP contribution is 2.63. The summed E-state index contributed by atoms with van der Waals surface area (Å²) >= 11 is 0. The third-order valence-electron chi connectivity index (χ3n) is 9.68. The molecule has 46 heavy (non-hydrogen) atoms. The molecule has 0 aliphatic carbocycles. The second-order valence-electron chi connectivity index (χ2n) is 11.7. The minimum Gasteiger partial charge on any atom is -0.468 e. The van der Waals surface area contributed by atoms with Gasteiger partial charge in [-0.15, -0.1) is 0 Å². The van der Waals surface area contributed by atoms with Crippen molar-refractivity contribution < 1.29 is 38.2 Å². The first kappa shape index (κ1) is 29.3. The van der Waals surface area contributed by atoms with E-state index >= 15 is 0 Å². The SMILES string of the molecule is COC(=O)[C@H]1[C@H]2C(=O)N(c3ccccc3)C(=O)[C@H]2[C@]2(C(=O)OC)[C@@H]3C(=O)N(c4ccccc4)C(=O)[C@@H]3[C@H](/C=C/c3ccccc3)N12. The Labute approximate surface area is 264 Å². The Morgan fingerprint density at radius 1 is 0.652 bits per heavy atom. The van der Waals surface area contributed by atoms with E-state index in [0.29, 0.717) is 5.69 Å². The number of fused-ring (bicyclic) bond motifs is 5. The van der Waals surface area contributed by atoms with Crippen LogP contribution in [0.3, 0.4) is 0 Å². The Balaban J connectivity index is 1.49. The predicted molar refractivity (Wildman–Crippen MR) is 163 cm³/mol. The van der Waals surface area contributed by atoms with Crippen molar-refractivity contribution in [2.45, 2.75) is 17.6 Å². The number of benzene rings is 3. The summed E-state index contributed by atoms with van der Waals surface area (Å²) in [7, 11) is 2.26. The lowest BCUT2D eigenvalue weighted by atomic mass is 9.70. The van der Waals surface area contributed by atoms with Gasteiger partial charge in [-0.1, -0.05) is 78.9 Å². The summed E-state index contributed by atoms with van der Waals surface area (Å²) < 4.78 is 10.5. The van der Waals surface area contributed by atoms with Gasteiger partial charge in [0.25, 0.3) is 0 Å². The molecular formula is C35H29N3O8. The maximum Gasteiger partial charge on any atom is 0.328 e. The Morgan fingerprint density at radius 3 is 1.63 bits per heavy atom. The zero-order valence-corrected chi connectivity index (χ0v) is 24.9.